The molecular formula is C19H23N3O4. The van der Waals surface area contributed by atoms with Gasteiger partial charge in [0.05, 0.1) is 5.56 Å². The van der Waals surface area contributed by atoms with Gasteiger partial charge in [0, 0.05) is 12.8 Å². The predicted octanol–water partition coefficient (Wildman–Crippen LogP) is 2.85. The van der Waals surface area contributed by atoms with E-state index in [1.54, 1.807) is 24.3 Å². The van der Waals surface area contributed by atoms with Crippen LogP contribution >= 0.6 is 0 Å². The molecule has 2 N–H and O–H groups in total. The number of nitrogens with one attached hydrogen (secondary N) is 1. The molecule has 0 radical (unpaired) electrons. The van der Waals surface area contributed by atoms with Gasteiger partial charge < -0.3 is 14.9 Å². The molecule has 1 saturated carbocycles. The third-order valence-corrected chi connectivity index (χ3v) is 4.88. The molecule has 1 aliphatic rings. The van der Waals surface area contributed by atoms with Crippen LogP contribution in [0.5, 0.6) is 0 Å². The lowest BCUT2D eigenvalue weighted by Crippen LogP contribution is -2.44. The number of aryl methyl sites for hydroxylation is 2. The fourth-order valence-corrected chi connectivity index (χ4v) is 3.38. The summed E-state index contributed by atoms with van der Waals surface area (Å²) in [5.41, 5.74) is 0.645. The molecule has 3 rings (SSSR count). The Hall–Kier alpha value is -2.70. The number of aromatic nitrogens is 2. The summed E-state index contributed by atoms with van der Waals surface area (Å²) >= 11 is 0. The van der Waals surface area contributed by atoms with Crippen LogP contribution in [-0.4, -0.2) is 27.1 Å². The van der Waals surface area contributed by atoms with Crippen LogP contribution in [0.25, 0.3) is 0 Å². The summed E-state index contributed by atoms with van der Waals surface area (Å²) in [6, 6.07) is 6.60. The highest BCUT2D eigenvalue weighted by molar-refractivity contribution is 5.87. The predicted molar refractivity (Wildman–Crippen MR) is 93.7 cm³/mol. The molecule has 1 amide bonds. The Morgan fingerprint density at radius 3 is 2.50 bits per heavy atom. The molecule has 1 aromatic heterocycles. The van der Waals surface area contributed by atoms with E-state index in [1.807, 2.05) is 6.92 Å². The smallest absolute Gasteiger partial charge is 0.335 e. The first-order valence-corrected chi connectivity index (χ1v) is 8.99. The minimum absolute atomic E-state index is 0.0583. The minimum atomic E-state index is -0.955. The molecule has 138 valence electrons. The number of carboxylic acid groups (broad SMARTS) is 1. The summed E-state index contributed by atoms with van der Waals surface area (Å²) in [5, 5.41) is 16.1. The van der Waals surface area contributed by atoms with Gasteiger partial charge in [-0.05, 0) is 37.0 Å². The van der Waals surface area contributed by atoms with Gasteiger partial charge in [-0.2, -0.15) is 4.98 Å². The topological polar surface area (TPSA) is 105 Å². The van der Waals surface area contributed by atoms with Crippen molar-refractivity contribution in [2.24, 2.45) is 0 Å². The third kappa shape index (κ3) is 3.92. The van der Waals surface area contributed by atoms with Crippen LogP contribution in [0.15, 0.2) is 28.8 Å². The zero-order valence-corrected chi connectivity index (χ0v) is 14.8. The molecule has 1 aliphatic carbocycles. The average molecular weight is 357 g/mol. The van der Waals surface area contributed by atoms with E-state index < -0.39 is 11.5 Å². The third-order valence-electron chi connectivity index (χ3n) is 4.88. The highest BCUT2D eigenvalue weighted by Crippen LogP contribution is 2.37. The van der Waals surface area contributed by atoms with Gasteiger partial charge in [0.2, 0.25) is 11.8 Å². The fraction of sp³-hybridized carbons (Fsp3) is 0.474. The van der Waals surface area contributed by atoms with Crippen LogP contribution < -0.4 is 5.32 Å². The lowest BCUT2D eigenvalue weighted by atomic mass is 9.96. The first kappa shape index (κ1) is 18.1. The van der Waals surface area contributed by atoms with Gasteiger partial charge in [0.1, 0.15) is 5.54 Å². The Labute approximate surface area is 151 Å². The Balaban J connectivity index is 1.62. The standard InChI is InChI=1S/C19H23N3O4/c1-2-16-20-18(22-26-16)19(11-3-4-12-19)21-15(23)10-7-13-5-8-14(9-6-13)17(24)25/h5-6,8-9H,2-4,7,10-12H2,1H3,(H,21,23)(H,24,25). The maximum absolute atomic E-state index is 12.5. The highest BCUT2D eigenvalue weighted by atomic mass is 16.5. The van der Waals surface area contributed by atoms with Gasteiger partial charge in [-0.1, -0.05) is 37.1 Å². The van der Waals surface area contributed by atoms with E-state index in [0.717, 1.165) is 31.2 Å². The maximum atomic E-state index is 12.5. The van der Waals surface area contributed by atoms with Gasteiger partial charge in [0.15, 0.2) is 5.82 Å². The largest absolute Gasteiger partial charge is 0.478 e. The number of hydrogen-bond acceptors (Lipinski definition) is 5. The molecule has 0 spiro atoms. The normalized spacial score (nSPS) is 15.7. The van der Waals surface area contributed by atoms with Crippen LogP contribution in [0.1, 0.15) is 66.7 Å². The second-order valence-corrected chi connectivity index (χ2v) is 6.70. The quantitative estimate of drug-likeness (QED) is 0.789. The number of nitrogens with zero attached hydrogens (tertiary/aromatic N) is 2. The van der Waals surface area contributed by atoms with Crippen molar-refractivity contribution < 1.29 is 19.2 Å². The number of carboxylic acids is 1. The maximum Gasteiger partial charge on any atom is 0.335 e. The van der Waals surface area contributed by atoms with Gasteiger partial charge in [-0.3, -0.25) is 4.79 Å². The number of aromatic carboxylic acids is 1. The molecule has 0 atom stereocenters. The van der Waals surface area contributed by atoms with E-state index in [1.165, 1.54) is 0 Å². The number of hydrogen-bond donors (Lipinski definition) is 2. The van der Waals surface area contributed by atoms with Gasteiger partial charge in [-0.25, -0.2) is 4.79 Å². The Morgan fingerprint density at radius 2 is 1.92 bits per heavy atom. The monoisotopic (exact) mass is 357 g/mol. The second-order valence-electron chi connectivity index (χ2n) is 6.70. The summed E-state index contributed by atoms with van der Waals surface area (Å²) in [6.07, 6.45) is 5.22. The minimum Gasteiger partial charge on any atom is -0.478 e. The Bertz CT molecular complexity index is 776. The van der Waals surface area contributed by atoms with Gasteiger partial charge >= 0.3 is 5.97 Å². The molecule has 2 aromatic rings. The molecular weight excluding hydrogens is 334 g/mol. The molecule has 1 fully saturated rings. The zero-order chi connectivity index (χ0) is 18.6. The van der Waals surface area contributed by atoms with Crippen LogP contribution in [0, 0.1) is 0 Å². The Kier molecular flexibility index (Phi) is 5.35. The second kappa shape index (κ2) is 7.68. The van der Waals surface area contributed by atoms with Crippen LogP contribution in [0.2, 0.25) is 0 Å². The lowest BCUT2D eigenvalue weighted by molar-refractivity contribution is -0.123. The number of benzene rings is 1. The first-order valence-electron chi connectivity index (χ1n) is 8.99. The van der Waals surface area contributed by atoms with E-state index in [9.17, 15) is 9.59 Å². The van der Waals surface area contributed by atoms with Crippen LogP contribution in [0.4, 0.5) is 0 Å². The first-order chi connectivity index (χ1) is 12.5. The summed E-state index contributed by atoms with van der Waals surface area (Å²) in [5.74, 6) is 0.145. The Morgan fingerprint density at radius 1 is 1.23 bits per heavy atom. The highest BCUT2D eigenvalue weighted by Gasteiger charge is 2.41. The van der Waals surface area contributed by atoms with E-state index in [2.05, 4.69) is 15.5 Å². The molecule has 0 saturated heterocycles. The van der Waals surface area contributed by atoms with Gasteiger partial charge in [-0.15, -0.1) is 0 Å². The van der Waals surface area contributed by atoms with Crippen molar-refractivity contribution in [1.82, 2.24) is 15.5 Å². The summed E-state index contributed by atoms with van der Waals surface area (Å²) < 4.78 is 5.23. The van der Waals surface area contributed by atoms with Crippen molar-refractivity contribution in [3.05, 3.63) is 47.1 Å². The molecule has 7 nitrogen and oxygen atoms in total. The fourth-order valence-electron chi connectivity index (χ4n) is 3.38. The number of rotatable bonds is 7. The van der Waals surface area contributed by atoms with Crippen molar-refractivity contribution in [1.29, 1.82) is 0 Å². The molecule has 1 heterocycles. The summed E-state index contributed by atoms with van der Waals surface area (Å²) in [6.45, 7) is 1.95. The molecule has 0 bridgehead atoms. The zero-order valence-electron chi connectivity index (χ0n) is 14.8. The van der Waals surface area contributed by atoms with Crippen molar-refractivity contribution in [3.8, 4) is 0 Å². The lowest BCUT2D eigenvalue weighted by Gasteiger charge is -2.26. The summed E-state index contributed by atoms with van der Waals surface area (Å²) in [7, 11) is 0. The number of carbonyl (C=O) groups is 2. The van der Waals surface area contributed by atoms with Gasteiger partial charge in [0.25, 0.3) is 0 Å². The number of carbonyl (C=O) groups excluding carboxylic acids is 1. The van der Waals surface area contributed by atoms with Crippen molar-refractivity contribution >= 4 is 11.9 Å². The van der Waals surface area contributed by atoms with E-state index in [0.29, 0.717) is 31.0 Å². The molecule has 0 unspecified atom stereocenters. The van der Waals surface area contributed by atoms with E-state index in [-0.39, 0.29) is 11.5 Å². The van der Waals surface area contributed by atoms with Crippen molar-refractivity contribution in [2.45, 2.75) is 57.4 Å². The average Bonchev–Trinajstić information content (AvgIpc) is 3.30. The molecule has 7 heteroatoms. The molecule has 1 aromatic carbocycles. The van der Waals surface area contributed by atoms with Crippen molar-refractivity contribution in [3.63, 3.8) is 0 Å². The van der Waals surface area contributed by atoms with E-state index >= 15 is 0 Å². The molecule has 0 aliphatic heterocycles. The SMILES string of the molecule is CCc1nc(C2(NC(=O)CCc3ccc(C(=O)O)cc3)CCCC2)no1. The van der Waals surface area contributed by atoms with Crippen molar-refractivity contribution in [2.75, 3.05) is 0 Å². The van der Waals surface area contributed by atoms with Crippen LogP contribution in [-0.2, 0) is 23.2 Å². The van der Waals surface area contributed by atoms with E-state index in [4.69, 9.17) is 9.63 Å². The van der Waals surface area contributed by atoms with Crippen LogP contribution in [0.3, 0.4) is 0 Å². The molecule has 26 heavy (non-hydrogen) atoms. The number of amides is 1. The summed E-state index contributed by atoms with van der Waals surface area (Å²) in [4.78, 5) is 27.8.